The van der Waals surface area contributed by atoms with E-state index in [1.54, 1.807) is 6.08 Å². The van der Waals surface area contributed by atoms with Gasteiger partial charge in [0.1, 0.15) is 5.83 Å². The van der Waals surface area contributed by atoms with E-state index in [0.29, 0.717) is 5.57 Å². The third-order valence-corrected chi connectivity index (χ3v) is 4.76. The summed E-state index contributed by atoms with van der Waals surface area (Å²) < 4.78 is 14.8. The Labute approximate surface area is 152 Å². The zero-order chi connectivity index (χ0) is 18.2. The summed E-state index contributed by atoms with van der Waals surface area (Å²) in [5.41, 5.74) is 5.12. The zero-order valence-corrected chi connectivity index (χ0v) is 15.7. The number of hydrogen-bond acceptors (Lipinski definition) is 0. The fourth-order valence-corrected chi connectivity index (χ4v) is 3.07. The van der Waals surface area contributed by atoms with Gasteiger partial charge in [0.2, 0.25) is 0 Å². The van der Waals surface area contributed by atoms with Gasteiger partial charge in [-0.1, -0.05) is 81.0 Å². The fraction of sp³-hybridized carbons (Fsp3) is 0.333. The molecule has 0 heterocycles. The van der Waals surface area contributed by atoms with Crippen molar-refractivity contribution in [3.8, 4) is 0 Å². The molecule has 1 heteroatoms. The van der Waals surface area contributed by atoms with Crippen LogP contribution in [0.5, 0.6) is 0 Å². The highest BCUT2D eigenvalue weighted by molar-refractivity contribution is 5.75. The van der Waals surface area contributed by atoms with Gasteiger partial charge in [-0.3, -0.25) is 0 Å². The van der Waals surface area contributed by atoms with Gasteiger partial charge < -0.3 is 0 Å². The van der Waals surface area contributed by atoms with E-state index in [4.69, 9.17) is 0 Å². The van der Waals surface area contributed by atoms with Crippen molar-refractivity contribution < 1.29 is 4.39 Å². The number of aryl methyl sites for hydroxylation is 1. The molecule has 1 atom stereocenters. The molecule has 0 nitrogen and oxygen atoms in total. The van der Waals surface area contributed by atoms with E-state index in [2.05, 4.69) is 62.9 Å². The first-order valence-electron chi connectivity index (χ1n) is 9.28. The number of benzene rings is 1. The van der Waals surface area contributed by atoms with Crippen LogP contribution < -0.4 is 0 Å². The summed E-state index contributed by atoms with van der Waals surface area (Å²) in [6, 6.07) is 8.31. The third-order valence-electron chi connectivity index (χ3n) is 4.76. The van der Waals surface area contributed by atoms with Crippen LogP contribution in [0.25, 0.3) is 5.57 Å². The smallest absolute Gasteiger partial charge is 0.127 e. The third kappa shape index (κ3) is 5.16. The molecule has 2 rings (SSSR count). The van der Waals surface area contributed by atoms with Crippen molar-refractivity contribution in [1.82, 2.24) is 0 Å². The minimum absolute atomic E-state index is 0.0532. The van der Waals surface area contributed by atoms with Gasteiger partial charge in [0.05, 0.1) is 0 Å². The highest BCUT2D eigenvalue weighted by Gasteiger charge is 2.16. The lowest BCUT2D eigenvalue weighted by Gasteiger charge is -2.18. The van der Waals surface area contributed by atoms with Gasteiger partial charge in [-0.25, -0.2) is 4.39 Å². The van der Waals surface area contributed by atoms with Crippen LogP contribution in [0.4, 0.5) is 4.39 Å². The topological polar surface area (TPSA) is 0 Å². The maximum atomic E-state index is 14.8. The Kier molecular flexibility index (Phi) is 7.18. The average molecular weight is 336 g/mol. The predicted octanol–water partition coefficient (Wildman–Crippen LogP) is 7.36. The molecule has 0 aromatic heterocycles. The predicted molar refractivity (Wildman–Crippen MR) is 108 cm³/mol. The lowest BCUT2D eigenvalue weighted by atomic mass is 9.88. The molecule has 1 aromatic rings. The monoisotopic (exact) mass is 336 g/mol. The van der Waals surface area contributed by atoms with Crippen LogP contribution in [0.2, 0.25) is 0 Å². The van der Waals surface area contributed by atoms with E-state index in [1.807, 2.05) is 13.0 Å². The second-order valence-corrected chi connectivity index (χ2v) is 6.54. The van der Waals surface area contributed by atoms with Crippen LogP contribution >= 0.6 is 0 Å². The molecule has 1 aromatic carbocycles. The van der Waals surface area contributed by atoms with Gasteiger partial charge in [0.25, 0.3) is 0 Å². The molecule has 0 aliphatic heterocycles. The van der Waals surface area contributed by atoms with E-state index in [1.165, 1.54) is 11.1 Å². The lowest BCUT2D eigenvalue weighted by Crippen LogP contribution is -2.04. The van der Waals surface area contributed by atoms with E-state index in [0.717, 1.165) is 36.8 Å². The molecule has 0 saturated heterocycles. The zero-order valence-electron chi connectivity index (χ0n) is 15.7. The van der Waals surface area contributed by atoms with Gasteiger partial charge in [-0.05, 0) is 54.5 Å². The van der Waals surface area contributed by atoms with Gasteiger partial charge in [0.15, 0.2) is 0 Å². The molecule has 0 N–H and O–H groups in total. The first kappa shape index (κ1) is 19.2. The highest BCUT2D eigenvalue weighted by Crippen LogP contribution is 2.31. The molecule has 1 aliphatic rings. The lowest BCUT2D eigenvalue weighted by molar-refractivity contribution is 0.611. The number of hydrogen-bond donors (Lipinski definition) is 0. The average Bonchev–Trinajstić information content (AvgIpc) is 2.66. The molecule has 25 heavy (non-hydrogen) atoms. The quantitative estimate of drug-likeness (QED) is 0.456. The Morgan fingerprint density at radius 1 is 1.24 bits per heavy atom. The van der Waals surface area contributed by atoms with Crippen molar-refractivity contribution in [3.63, 3.8) is 0 Å². The Bertz CT molecular complexity index is 711. The molecule has 0 bridgehead atoms. The molecule has 1 unspecified atom stereocenters. The van der Waals surface area contributed by atoms with Crippen LogP contribution in [0.1, 0.15) is 51.2 Å². The van der Waals surface area contributed by atoms with Gasteiger partial charge >= 0.3 is 0 Å². The number of rotatable bonds is 7. The van der Waals surface area contributed by atoms with Gasteiger partial charge in [0, 0.05) is 5.92 Å². The van der Waals surface area contributed by atoms with Gasteiger partial charge in [-0.2, -0.15) is 0 Å². The van der Waals surface area contributed by atoms with Crippen molar-refractivity contribution in [2.75, 3.05) is 0 Å². The van der Waals surface area contributed by atoms with E-state index in [9.17, 15) is 4.39 Å². The van der Waals surface area contributed by atoms with Crippen molar-refractivity contribution in [2.45, 2.75) is 46.5 Å². The van der Waals surface area contributed by atoms with Crippen LogP contribution in [-0.4, -0.2) is 0 Å². The molecule has 1 aliphatic carbocycles. The summed E-state index contributed by atoms with van der Waals surface area (Å²) in [7, 11) is 0. The summed E-state index contributed by atoms with van der Waals surface area (Å²) in [6.45, 7) is 10.3. The summed E-state index contributed by atoms with van der Waals surface area (Å²) in [4.78, 5) is 0. The largest absolute Gasteiger partial charge is 0.207 e. The Balaban J connectivity index is 2.10. The number of halogens is 1. The van der Waals surface area contributed by atoms with E-state index in [-0.39, 0.29) is 11.7 Å². The van der Waals surface area contributed by atoms with Crippen molar-refractivity contribution in [3.05, 3.63) is 89.3 Å². The van der Waals surface area contributed by atoms with Crippen LogP contribution in [0.3, 0.4) is 0 Å². The first-order chi connectivity index (χ1) is 12.1. The SMILES string of the molecule is C=C(/C(F)=C\C(=C/C)c1ccc(CC)cc1)C1C=CC(CCC)=CC1. The van der Waals surface area contributed by atoms with Crippen molar-refractivity contribution >= 4 is 5.57 Å². The summed E-state index contributed by atoms with van der Waals surface area (Å²) >= 11 is 0. The standard InChI is InChI=1S/C24H29F/c1-5-8-20-11-13-22(14-12-20)18(4)24(25)17-21(7-3)23-15-9-19(6-2)10-16-23/h7,9-13,15-17,22H,4-6,8,14H2,1-3H3/b21-7+,24-17+. The Hall–Kier alpha value is -2.15. The summed E-state index contributed by atoms with van der Waals surface area (Å²) in [5, 5.41) is 0. The minimum Gasteiger partial charge on any atom is -0.207 e. The second kappa shape index (κ2) is 9.36. The Morgan fingerprint density at radius 3 is 2.48 bits per heavy atom. The van der Waals surface area contributed by atoms with E-state index < -0.39 is 0 Å². The van der Waals surface area contributed by atoms with E-state index >= 15 is 0 Å². The van der Waals surface area contributed by atoms with Gasteiger partial charge in [-0.15, -0.1) is 0 Å². The molecule has 0 spiro atoms. The molecule has 0 radical (unpaired) electrons. The Morgan fingerprint density at radius 2 is 1.96 bits per heavy atom. The maximum absolute atomic E-state index is 14.8. The molecular weight excluding hydrogens is 307 g/mol. The highest BCUT2D eigenvalue weighted by atomic mass is 19.1. The van der Waals surface area contributed by atoms with Crippen LogP contribution in [0.15, 0.2) is 78.2 Å². The minimum atomic E-state index is -0.227. The molecule has 132 valence electrons. The molecular formula is C24H29F. The second-order valence-electron chi connectivity index (χ2n) is 6.54. The fourth-order valence-electron chi connectivity index (χ4n) is 3.07. The summed E-state index contributed by atoms with van der Waals surface area (Å²) in [6.07, 6.45) is 14.1. The first-order valence-corrected chi connectivity index (χ1v) is 9.28. The number of allylic oxidation sites excluding steroid dienone is 9. The molecule has 0 fully saturated rings. The molecule has 0 amide bonds. The maximum Gasteiger partial charge on any atom is 0.127 e. The van der Waals surface area contributed by atoms with Crippen molar-refractivity contribution in [1.29, 1.82) is 0 Å². The van der Waals surface area contributed by atoms with Crippen LogP contribution in [0, 0.1) is 5.92 Å². The normalized spacial score (nSPS) is 18.2. The molecule has 0 saturated carbocycles. The van der Waals surface area contributed by atoms with Crippen molar-refractivity contribution in [2.24, 2.45) is 5.92 Å². The van der Waals surface area contributed by atoms with Crippen LogP contribution in [-0.2, 0) is 6.42 Å². The summed E-state index contributed by atoms with van der Waals surface area (Å²) in [5.74, 6) is -0.174.